The fraction of sp³-hybridized carbons (Fsp3) is 0.882. The van der Waals surface area contributed by atoms with E-state index < -0.39 is 0 Å². The molecule has 0 spiro atoms. The van der Waals surface area contributed by atoms with E-state index in [1.54, 1.807) is 0 Å². The molecule has 2 N–H and O–H groups in total. The highest BCUT2D eigenvalue weighted by molar-refractivity contribution is 5.85. The minimum absolute atomic E-state index is 0.151. The van der Waals surface area contributed by atoms with Crippen molar-refractivity contribution in [2.45, 2.75) is 45.4 Å². The minimum Gasteiger partial charge on any atom is -0.357 e. The van der Waals surface area contributed by atoms with Crippen molar-refractivity contribution in [2.24, 2.45) is 4.99 Å². The van der Waals surface area contributed by atoms with E-state index in [2.05, 4.69) is 20.5 Å². The molecule has 0 unspecified atom stereocenters. The van der Waals surface area contributed by atoms with Crippen LogP contribution in [0.2, 0.25) is 0 Å². The number of amides is 1. The predicted octanol–water partition coefficient (Wildman–Crippen LogP) is 1.04. The number of hydrogen-bond acceptors (Lipinski definition) is 3. The molecule has 2 fully saturated rings. The zero-order valence-electron chi connectivity index (χ0n) is 14.6. The fourth-order valence-electron chi connectivity index (χ4n) is 3.25. The number of nitrogens with one attached hydrogen (secondary N) is 2. The van der Waals surface area contributed by atoms with Gasteiger partial charge < -0.3 is 20.4 Å². The molecule has 0 bridgehead atoms. The van der Waals surface area contributed by atoms with Gasteiger partial charge in [-0.2, -0.15) is 0 Å². The Bertz CT molecular complexity index is 373. The summed E-state index contributed by atoms with van der Waals surface area (Å²) in [5.41, 5.74) is 0. The van der Waals surface area contributed by atoms with Gasteiger partial charge in [0, 0.05) is 32.7 Å². The number of nitrogens with zero attached hydrogens (tertiary/aromatic N) is 3. The molecule has 2 aliphatic heterocycles. The normalized spacial score (nSPS) is 20.4. The third-order valence-electron chi connectivity index (χ3n) is 4.59. The summed E-state index contributed by atoms with van der Waals surface area (Å²) >= 11 is 0. The van der Waals surface area contributed by atoms with Crippen LogP contribution in [0, 0.1) is 0 Å². The molecular weight excluding hydrogens is 290 g/mol. The van der Waals surface area contributed by atoms with Crippen LogP contribution in [-0.2, 0) is 4.79 Å². The van der Waals surface area contributed by atoms with Crippen LogP contribution in [0.1, 0.15) is 45.4 Å². The Morgan fingerprint density at radius 3 is 2.26 bits per heavy atom. The molecule has 2 aliphatic rings. The molecule has 23 heavy (non-hydrogen) atoms. The van der Waals surface area contributed by atoms with Crippen LogP contribution < -0.4 is 10.6 Å². The summed E-state index contributed by atoms with van der Waals surface area (Å²) in [6, 6.07) is 0. The largest absolute Gasteiger partial charge is 0.357 e. The maximum absolute atomic E-state index is 12.2. The molecule has 132 valence electrons. The average Bonchev–Trinajstić information content (AvgIpc) is 2.61. The second-order valence-electron chi connectivity index (χ2n) is 6.47. The van der Waals surface area contributed by atoms with E-state index in [1.807, 2.05) is 11.8 Å². The lowest BCUT2D eigenvalue weighted by molar-refractivity contribution is -0.130. The first-order valence-corrected chi connectivity index (χ1v) is 9.32. The zero-order valence-corrected chi connectivity index (χ0v) is 14.6. The average molecular weight is 323 g/mol. The highest BCUT2D eigenvalue weighted by atomic mass is 16.2. The molecule has 2 saturated heterocycles. The number of carbonyl (C=O) groups excluding carboxylic acids is 1. The molecule has 0 aromatic carbocycles. The van der Waals surface area contributed by atoms with Gasteiger partial charge in [-0.05, 0) is 52.1 Å². The number of piperidine rings is 2. The SMILES string of the molecule is CCNC(=NCC(=O)N1CCCCC1)NCCN1CCCCC1. The van der Waals surface area contributed by atoms with E-state index in [4.69, 9.17) is 0 Å². The molecule has 0 aromatic heterocycles. The Kier molecular flexibility index (Phi) is 8.21. The summed E-state index contributed by atoms with van der Waals surface area (Å²) in [4.78, 5) is 21.1. The second kappa shape index (κ2) is 10.5. The van der Waals surface area contributed by atoms with Crippen molar-refractivity contribution in [3.05, 3.63) is 0 Å². The number of guanidine groups is 1. The molecule has 0 aromatic rings. The Balaban J connectivity index is 1.71. The van der Waals surface area contributed by atoms with E-state index in [0.29, 0.717) is 0 Å². The molecule has 2 heterocycles. The molecule has 2 rings (SSSR count). The van der Waals surface area contributed by atoms with Crippen molar-refractivity contribution >= 4 is 11.9 Å². The molecule has 0 radical (unpaired) electrons. The third kappa shape index (κ3) is 6.77. The molecule has 0 atom stereocenters. The Morgan fingerprint density at radius 2 is 1.61 bits per heavy atom. The number of carbonyl (C=O) groups is 1. The van der Waals surface area contributed by atoms with E-state index >= 15 is 0 Å². The van der Waals surface area contributed by atoms with Gasteiger partial charge in [0.1, 0.15) is 6.54 Å². The second-order valence-corrected chi connectivity index (χ2v) is 6.47. The van der Waals surface area contributed by atoms with Gasteiger partial charge in [0.05, 0.1) is 0 Å². The molecule has 6 heteroatoms. The number of likely N-dealkylation sites (tertiary alicyclic amines) is 2. The van der Waals surface area contributed by atoms with Gasteiger partial charge >= 0.3 is 0 Å². The topological polar surface area (TPSA) is 60.0 Å². The van der Waals surface area contributed by atoms with Crippen molar-refractivity contribution in [1.29, 1.82) is 0 Å². The van der Waals surface area contributed by atoms with Crippen LogP contribution in [0.5, 0.6) is 0 Å². The standard InChI is InChI=1S/C17H33N5O/c1-2-18-17(19-9-14-21-10-5-3-6-11-21)20-15-16(23)22-12-7-4-8-13-22/h2-15H2,1H3,(H2,18,19,20). The number of rotatable bonds is 6. The third-order valence-corrected chi connectivity index (χ3v) is 4.59. The van der Waals surface area contributed by atoms with Crippen molar-refractivity contribution in [2.75, 3.05) is 52.4 Å². The molecule has 1 amide bonds. The summed E-state index contributed by atoms with van der Waals surface area (Å²) in [6.45, 7) is 9.25. The van der Waals surface area contributed by atoms with Crippen LogP contribution in [0.25, 0.3) is 0 Å². The van der Waals surface area contributed by atoms with Crippen molar-refractivity contribution < 1.29 is 4.79 Å². The first-order valence-electron chi connectivity index (χ1n) is 9.32. The van der Waals surface area contributed by atoms with Gasteiger partial charge in [-0.15, -0.1) is 0 Å². The van der Waals surface area contributed by atoms with Gasteiger partial charge in [0.2, 0.25) is 5.91 Å². The van der Waals surface area contributed by atoms with E-state index in [-0.39, 0.29) is 12.5 Å². The highest BCUT2D eigenvalue weighted by Crippen LogP contribution is 2.09. The van der Waals surface area contributed by atoms with Crippen molar-refractivity contribution in [1.82, 2.24) is 20.4 Å². The van der Waals surface area contributed by atoms with E-state index in [1.165, 1.54) is 38.8 Å². The maximum atomic E-state index is 12.2. The smallest absolute Gasteiger partial charge is 0.244 e. The maximum Gasteiger partial charge on any atom is 0.244 e. The Morgan fingerprint density at radius 1 is 0.957 bits per heavy atom. The van der Waals surface area contributed by atoms with E-state index in [9.17, 15) is 4.79 Å². The summed E-state index contributed by atoms with van der Waals surface area (Å²) in [7, 11) is 0. The number of aliphatic imine (C=N–C) groups is 1. The lowest BCUT2D eigenvalue weighted by atomic mass is 10.1. The Labute approximate surface area is 140 Å². The quantitative estimate of drug-likeness (QED) is 0.566. The molecule has 6 nitrogen and oxygen atoms in total. The Hall–Kier alpha value is -1.30. The summed E-state index contributed by atoms with van der Waals surface area (Å²) < 4.78 is 0. The monoisotopic (exact) mass is 323 g/mol. The van der Waals surface area contributed by atoms with Gasteiger partial charge in [-0.1, -0.05) is 6.42 Å². The zero-order chi connectivity index (χ0) is 16.3. The van der Waals surface area contributed by atoms with Gasteiger partial charge in [-0.3, -0.25) is 4.79 Å². The lowest BCUT2D eigenvalue weighted by Crippen LogP contribution is -2.43. The van der Waals surface area contributed by atoms with Gasteiger partial charge in [0.15, 0.2) is 5.96 Å². The van der Waals surface area contributed by atoms with Crippen LogP contribution in [0.3, 0.4) is 0 Å². The summed E-state index contributed by atoms with van der Waals surface area (Å²) in [5.74, 6) is 0.910. The molecule has 0 saturated carbocycles. The summed E-state index contributed by atoms with van der Waals surface area (Å²) in [6.07, 6.45) is 7.50. The highest BCUT2D eigenvalue weighted by Gasteiger charge is 2.16. The van der Waals surface area contributed by atoms with Crippen LogP contribution in [0.15, 0.2) is 4.99 Å². The van der Waals surface area contributed by atoms with Crippen LogP contribution >= 0.6 is 0 Å². The first-order chi connectivity index (χ1) is 11.3. The molecule has 0 aliphatic carbocycles. The fourth-order valence-corrected chi connectivity index (χ4v) is 3.25. The molecular formula is C17H33N5O. The predicted molar refractivity (Wildman–Crippen MR) is 94.7 cm³/mol. The summed E-state index contributed by atoms with van der Waals surface area (Å²) in [5, 5.41) is 6.58. The van der Waals surface area contributed by atoms with Crippen LogP contribution in [-0.4, -0.2) is 74.0 Å². The van der Waals surface area contributed by atoms with Gasteiger partial charge in [0.25, 0.3) is 0 Å². The first kappa shape index (κ1) is 18.0. The van der Waals surface area contributed by atoms with Crippen molar-refractivity contribution in [3.63, 3.8) is 0 Å². The lowest BCUT2D eigenvalue weighted by Gasteiger charge is -2.27. The van der Waals surface area contributed by atoms with Crippen LogP contribution in [0.4, 0.5) is 0 Å². The van der Waals surface area contributed by atoms with Crippen molar-refractivity contribution in [3.8, 4) is 0 Å². The minimum atomic E-state index is 0.151. The van der Waals surface area contributed by atoms with E-state index in [0.717, 1.165) is 51.5 Å². The number of hydrogen-bond donors (Lipinski definition) is 2. The van der Waals surface area contributed by atoms with Gasteiger partial charge in [-0.25, -0.2) is 4.99 Å².